The second kappa shape index (κ2) is 4.35. The Morgan fingerprint density at radius 1 is 1.29 bits per heavy atom. The van der Waals surface area contributed by atoms with Crippen molar-refractivity contribution in [2.45, 2.75) is 4.90 Å². The molecule has 14 heavy (non-hydrogen) atoms. The van der Waals surface area contributed by atoms with E-state index in [0.29, 0.717) is 0 Å². The second-order valence-corrected chi connectivity index (χ2v) is 4.85. The van der Waals surface area contributed by atoms with Crippen molar-refractivity contribution in [2.75, 3.05) is 6.26 Å². The van der Waals surface area contributed by atoms with E-state index in [9.17, 15) is 0 Å². The minimum Gasteiger partial charge on any atom is -0.284 e. The van der Waals surface area contributed by atoms with Crippen LogP contribution < -0.4 is 0 Å². The molecule has 0 unspecified atom stereocenters. The standard InChI is InChI=1S/C10H9IN2S/c1-14-8-4-2-7(3-5-8)10-9(11)6-12-13-10/h2-6H,1H3,(H,12,13). The highest BCUT2D eigenvalue weighted by Gasteiger charge is 2.04. The van der Waals surface area contributed by atoms with Crippen molar-refractivity contribution >= 4 is 34.4 Å². The maximum absolute atomic E-state index is 4.20. The number of hydrogen-bond acceptors (Lipinski definition) is 2. The van der Waals surface area contributed by atoms with Gasteiger partial charge in [0.2, 0.25) is 0 Å². The van der Waals surface area contributed by atoms with Crippen LogP contribution in [-0.2, 0) is 0 Å². The molecule has 1 aromatic heterocycles. The van der Waals surface area contributed by atoms with Crippen molar-refractivity contribution in [3.8, 4) is 11.3 Å². The fourth-order valence-electron chi connectivity index (χ4n) is 1.23. The zero-order valence-corrected chi connectivity index (χ0v) is 10.6. The molecule has 1 heterocycles. The van der Waals surface area contributed by atoms with Gasteiger partial charge < -0.3 is 0 Å². The van der Waals surface area contributed by atoms with Gasteiger partial charge in [0.25, 0.3) is 0 Å². The summed E-state index contributed by atoms with van der Waals surface area (Å²) in [5, 5.41) is 7.06. The van der Waals surface area contributed by atoms with Gasteiger partial charge in [0.1, 0.15) is 5.69 Å². The summed E-state index contributed by atoms with van der Waals surface area (Å²) in [6, 6.07) is 8.43. The summed E-state index contributed by atoms with van der Waals surface area (Å²) in [7, 11) is 0. The minimum absolute atomic E-state index is 1.03. The first-order valence-electron chi connectivity index (χ1n) is 4.15. The number of halogens is 1. The number of H-pyrrole nitrogens is 1. The van der Waals surface area contributed by atoms with E-state index < -0.39 is 0 Å². The Hall–Kier alpha value is -0.490. The van der Waals surface area contributed by atoms with Crippen LogP contribution in [-0.4, -0.2) is 16.5 Å². The van der Waals surface area contributed by atoms with E-state index in [-0.39, 0.29) is 0 Å². The lowest BCUT2D eigenvalue weighted by atomic mass is 10.2. The highest BCUT2D eigenvalue weighted by molar-refractivity contribution is 14.1. The molecule has 0 atom stereocenters. The molecule has 1 aromatic carbocycles. The molecule has 0 spiro atoms. The average Bonchev–Trinajstić information content (AvgIpc) is 2.65. The van der Waals surface area contributed by atoms with Crippen LogP contribution in [0.3, 0.4) is 0 Å². The van der Waals surface area contributed by atoms with Crippen LogP contribution >= 0.6 is 34.4 Å². The molecule has 0 fully saturated rings. The Morgan fingerprint density at radius 2 is 2.00 bits per heavy atom. The van der Waals surface area contributed by atoms with Gasteiger partial charge in [0.15, 0.2) is 0 Å². The number of thioether (sulfide) groups is 1. The molecule has 0 bridgehead atoms. The summed E-state index contributed by atoms with van der Waals surface area (Å²) in [4.78, 5) is 1.28. The van der Waals surface area contributed by atoms with Gasteiger partial charge in [0.05, 0.1) is 3.57 Å². The third kappa shape index (κ3) is 1.95. The third-order valence-corrected chi connectivity index (χ3v) is 3.52. The first kappa shape index (κ1) is 10.0. The van der Waals surface area contributed by atoms with Crippen molar-refractivity contribution in [1.29, 1.82) is 0 Å². The van der Waals surface area contributed by atoms with E-state index >= 15 is 0 Å². The van der Waals surface area contributed by atoms with Crippen molar-refractivity contribution in [3.63, 3.8) is 0 Å². The molecular weight excluding hydrogens is 307 g/mol. The first-order chi connectivity index (χ1) is 6.81. The molecule has 2 nitrogen and oxygen atoms in total. The fraction of sp³-hybridized carbons (Fsp3) is 0.100. The Labute approximate surface area is 101 Å². The van der Waals surface area contributed by atoms with Gasteiger partial charge in [-0.1, -0.05) is 12.1 Å². The van der Waals surface area contributed by atoms with Gasteiger partial charge in [-0.25, -0.2) is 0 Å². The van der Waals surface area contributed by atoms with Crippen molar-refractivity contribution < 1.29 is 0 Å². The van der Waals surface area contributed by atoms with Crippen LogP contribution in [0.4, 0.5) is 0 Å². The summed E-state index contributed by atoms with van der Waals surface area (Å²) >= 11 is 4.03. The van der Waals surface area contributed by atoms with Crippen molar-refractivity contribution in [1.82, 2.24) is 10.2 Å². The maximum atomic E-state index is 4.20. The smallest absolute Gasteiger partial charge is 0.105 e. The topological polar surface area (TPSA) is 28.7 Å². The van der Waals surface area contributed by atoms with Crippen LogP contribution in [0.25, 0.3) is 11.3 Å². The average molecular weight is 316 g/mol. The van der Waals surface area contributed by atoms with E-state index in [4.69, 9.17) is 0 Å². The lowest BCUT2D eigenvalue weighted by Crippen LogP contribution is -1.80. The predicted octanol–water partition coefficient (Wildman–Crippen LogP) is 3.40. The van der Waals surface area contributed by atoms with E-state index in [1.165, 1.54) is 4.90 Å². The van der Waals surface area contributed by atoms with Gasteiger partial charge in [-0.05, 0) is 41.0 Å². The second-order valence-electron chi connectivity index (χ2n) is 2.81. The number of rotatable bonds is 2. The van der Waals surface area contributed by atoms with Crippen LogP contribution in [0.5, 0.6) is 0 Å². The third-order valence-electron chi connectivity index (χ3n) is 1.96. The normalized spacial score (nSPS) is 10.4. The monoisotopic (exact) mass is 316 g/mol. The van der Waals surface area contributed by atoms with Crippen molar-refractivity contribution in [2.24, 2.45) is 0 Å². The highest BCUT2D eigenvalue weighted by Crippen LogP contribution is 2.24. The van der Waals surface area contributed by atoms with Crippen molar-refractivity contribution in [3.05, 3.63) is 34.0 Å². The quantitative estimate of drug-likeness (QED) is 0.679. The maximum Gasteiger partial charge on any atom is 0.105 e. The zero-order chi connectivity index (χ0) is 9.97. The van der Waals surface area contributed by atoms with E-state index in [1.54, 1.807) is 11.8 Å². The summed E-state index contributed by atoms with van der Waals surface area (Å²) in [5.74, 6) is 0. The lowest BCUT2D eigenvalue weighted by molar-refractivity contribution is 1.09. The Kier molecular flexibility index (Phi) is 3.12. The molecule has 0 amide bonds. The van der Waals surface area contributed by atoms with Crippen LogP contribution in [0.1, 0.15) is 0 Å². The number of hydrogen-bond donors (Lipinski definition) is 1. The summed E-state index contributed by atoms with van der Waals surface area (Å²) in [6.45, 7) is 0. The molecule has 0 saturated carbocycles. The number of nitrogens with zero attached hydrogens (tertiary/aromatic N) is 1. The largest absolute Gasteiger partial charge is 0.284 e. The van der Waals surface area contributed by atoms with Gasteiger partial charge >= 0.3 is 0 Å². The molecule has 2 rings (SSSR count). The molecule has 0 aliphatic heterocycles. The lowest BCUT2D eigenvalue weighted by Gasteiger charge is -1.99. The van der Waals surface area contributed by atoms with Gasteiger partial charge in [-0.2, -0.15) is 5.10 Å². The Balaban J connectivity index is 2.39. The number of nitrogens with one attached hydrogen (secondary N) is 1. The summed E-state index contributed by atoms with van der Waals surface area (Å²) < 4.78 is 1.15. The number of benzene rings is 1. The van der Waals surface area contributed by atoms with E-state index in [2.05, 4.69) is 63.3 Å². The summed E-state index contributed by atoms with van der Waals surface area (Å²) in [5.41, 5.74) is 2.19. The molecular formula is C10H9IN2S. The molecule has 4 heteroatoms. The fourth-order valence-corrected chi connectivity index (χ4v) is 2.21. The van der Waals surface area contributed by atoms with Crippen LogP contribution in [0.2, 0.25) is 0 Å². The summed E-state index contributed by atoms with van der Waals surface area (Å²) in [6.07, 6.45) is 3.98. The molecule has 0 aliphatic carbocycles. The van der Waals surface area contributed by atoms with Crippen LogP contribution in [0, 0.1) is 3.57 Å². The molecule has 0 saturated heterocycles. The number of aromatic nitrogens is 2. The Bertz CT molecular complexity index is 422. The predicted molar refractivity (Wildman–Crippen MR) is 68.5 cm³/mol. The first-order valence-corrected chi connectivity index (χ1v) is 6.45. The molecule has 72 valence electrons. The van der Waals surface area contributed by atoms with Crippen LogP contribution in [0.15, 0.2) is 35.4 Å². The molecule has 1 N–H and O–H groups in total. The van der Waals surface area contributed by atoms with Gasteiger partial charge in [0, 0.05) is 16.7 Å². The molecule has 0 radical (unpaired) electrons. The molecule has 2 aromatic rings. The highest BCUT2D eigenvalue weighted by atomic mass is 127. The van der Waals surface area contributed by atoms with Gasteiger partial charge in [-0.15, -0.1) is 11.8 Å². The minimum atomic E-state index is 1.03. The SMILES string of the molecule is CSc1ccc(-c2n[nH]cc2I)cc1. The number of aromatic amines is 1. The van der Waals surface area contributed by atoms with Gasteiger partial charge in [-0.3, -0.25) is 5.10 Å². The van der Waals surface area contributed by atoms with E-state index in [1.807, 2.05) is 6.20 Å². The molecule has 0 aliphatic rings. The zero-order valence-electron chi connectivity index (χ0n) is 7.62. The Morgan fingerprint density at radius 3 is 2.50 bits per heavy atom. The van der Waals surface area contributed by atoms with E-state index in [0.717, 1.165) is 14.8 Å².